The maximum Gasteiger partial charge on any atom is 0.210 e. The number of sulfonamides is 1. The first kappa shape index (κ1) is 15.5. The van der Waals surface area contributed by atoms with Gasteiger partial charge in [0.2, 0.25) is 10.0 Å². The highest BCUT2D eigenvalue weighted by Gasteiger charge is 2.14. The van der Waals surface area contributed by atoms with Gasteiger partial charge >= 0.3 is 0 Å². The molecule has 5 nitrogen and oxygen atoms in total. The molecule has 0 saturated heterocycles. The average molecular weight is 306 g/mol. The van der Waals surface area contributed by atoms with Gasteiger partial charge in [-0.05, 0) is 23.3 Å². The van der Waals surface area contributed by atoms with Gasteiger partial charge in [0.15, 0.2) is 0 Å². The minimum absolute atomic E-state index is 0.131. The van der Waals surface area contributed by atoms with E-state index < -0.39 is 10.0 Å². The van der Waals surface area contributed by atoms with E-state index in [2.05, 4.69) is 5.32 Å². The molecule has 0 bridgehead atoms. The second kappa shape index (κ2) is 6.71. The standard InChI is InChI=1S/C15H18N2O3S/c16-21(19,20)11-10-17-15(12-4-2-1-3-5-12)13-6-8-14(18)9-7-13/h1-9,15,17-18H,10-11H2,(H2,16,19,20). The Balaban J connectivity index is 2.20. The Morgan fingerprint density at radius 2 is 1.57 bits per heavy atom. The van der Waals surface area contributed by atoms with Crippen molar-refractivity contribution in [2.24, 2.45) is 5.14 Å². The van der Waals surface area contributed by atoms with Crippen LogP contribution < -0.4 is 10.5 Å². The maximum atomic E-state index is 11.0. The number of aromatic hydroxyl groups is 1. The molecule has 0 fully saturated rings. The molecule has 6 heteroatoms. The minimum atomic E-state index is -3.49. The van der Waals surface area contributed by atoms with Crippen molar-refractivity contribution in [1.29, 1.82) is 0 Å². The van der Waals surface area contributed by atoms with Crippen molar-refractivity contribution in [3.63, 3.8) is 0 Å². The van der Waals surface area contributed by atoms with E-state index in [1.54, 1.807) is 24.3 Å². The average Bonchev–Trinajstić information content (AvgIpc) is 2.45. The molecule has 2 rings (SSSR count). The van der Waals surface area contributed by atoms with Gasteiger partial charge in [-0.25, -0.2) is 13.6 Å². The Labute approximate surface area is 124 Å². The smallest absolute Gasteiger partial charge is 0.210 e. The molecule has 0 spiro atoms. The fraction of sp³-hybridized carbons (Fsp3) is 0.200. The predicted octanol–water partition coefficient (Wildman–Crippen LogP) is 1.36. The van der Waals surface area contributed by atoms with E-state index in [0.29, 0.717) is 0 Å². The van der Waals surface area contributed by atoms with E-state index in [1.165, 1.54) is 0 Å². The lowest BCUT2D eigenvalue weighted by Gasteiger charge is -2.19. The lowest BCUT2D eigenvalue weighted by molar-refractivity contribution is 0.474. The topological polar surface area (TPSA) is 92.4 Å². The van der Waals surface area contributed by atoms with E-state index in [1.807, 2.05) is 30.3 Å². The van der Waals surface area contributed by atoms with Crippen LogP contribution in [0.5, 0.6) is 5.75 Å². The number of phenols is 1. The normalized spacial score (nSPS) is 13.0. The molecule has 0 aliphatic carbocycles. The quantitative estimate of drug-likeness (QED) is 0.751. The van der Waals surface area contributed by atoms with Gasteiger partial charge in [0, 0.05) is 6.54 Å². The fourth-order valence-corrected chi connectivity index (χ4v) is 2.49. The van der Waals surface area contributed by atoms with Crippen molar-refractivity contribution in [2.45, 2.75) is 6.04 Å². The van der Waals surface area contributed by atoms with Gasteiger partial charge in [-0.2, -0.15) is 0 Å². The molecule has 0 saturated carbocycles. The van der Waals surface area contributed by atoms with Crippen molar-refractivity contribution < 1.29 is 13.5 Å². The largest absolute Gasteiger partial charge is 0.508 e. The number of primary sulfonamides is 1. The first-order chi connectivity index (χ1) is 9.96. The minimum Gasteiger partial charge on any atom is -0.508 e. The van der Waals surface area contributed by atoms with Crippen LogP contribution in [0.3, 0.4) is 0 Å². The van der Waals surface area contributed by atoms with Gasteiger partial charge in [0.25, 0.3) is 0 Å². The van der Waals surface area contributed by atoms with Crippen molar-refractivity contribution in [2.75, 3.05) is 12.3 Å². The molecular formula is C15H18N2O3S. The number of nitrogens with two attached hydrogens (primary N) is 1. The molecule has 0 amide bonds. The summed E-state index contributed by atoms with van der Waals surface area (Å²) in [6.45, 7) is 0.249. The Morgan fingerprint density at radius 1 is 1.00 bits per heavy atom. The number of phenolic OH excluding ortho intramolecular Hbond substituents is 1. The lowest BCUT2D eigenvalue weighted by Crippen LogP contribution is -2.30. The van der Waals surface area contributed by atoms with Crippen LogP contribution in [0, 0.1) is 0 Å². The number of benzene rings is 2. The fourth-order valence-electron chi connectivity index (χ4n) is 2.09. The zero-order chi connectivity index (χ0) is 15.3. The molecule has 0 aliphatic rings. The highest BCUT2D eigenvalue weighted by Crippen LogP contribution is 2.23. The van der Waals surface area contributed by atoms with Crippen molar-refractivity contribution in [3.8, 4) is 5.75 Å². The zero-order valence-corrected chi connectivity index (χ0v) is 12.3. The summed E-state index contributed by atoms with van der Waals surface area (Å²) in [7, 11) is -3.49. The summed E-state index contributed by atoms with van der Waals surface area (Å²) >= 11 is 0. The third-order valence-corrected chi connectivity index (χ3v) is 3.87. The summed E-state index contributed by atoms with van der Waals surface area (Å²) in [6, 6.07) is 16.3. The van der Waals surface area contributed by atoms with Crippen LogP contribution in [0.4, 0.5) is 0 Å². The van der Waals surface area contributed by atoms with E-state index in [4.69, 9.17) is 5.14 Å². The number of nitrogens with one attached hydrogen (secondary N) is 1. The summed E-state index contributed by atoms with van der Waals surface area (Å²) in [6.07, 6.45) is 0. The molecule has 0 radical (unpaired) electrons. The van der Waals surface area contributed by atoms with E-state index in [0.717, 1.165) is 11.1 Å². The molecule has 4 N–H and O–H groups in total. The Hall–Kier alpha value is -1.89. The van der Waals surface area contributed by atoms with Gasteiger partial charge < -0.3 is 10.4 Å². The van der Waals surface area contributed by atoms with Crippen LogP contribution >= 0.6 is 0 Å². The molecule has 2 aromatic rings. The summed E-state index contributed by atoms with van der Waals surface area (Å²) in [5.74, 6) is 0.0594. The molecule has 1 unspecified atom stereocenters. The third kappa shape index (κ3) is 4.86. The van der Waals surface area contributed by atoms with Crippen LogP contribution in [0.1, 0.15) is 17.2 Å². The third-order valence-electron chi connectivity index (χ3n) is 3.09. The Morgan fingerprint density at radius 3 is 2.14 bits per heavy atom. The van der Waals surface area contributed by atoms with Crippen molar-refractivity contribution in [1.82, 2.24) is 5.32 Å². The number of hydrogen-bond acceptors (Lipinski definition) is 4. The Bertz CT molecular complexity index is 670. The van der Waals surface area contributed by atoms with E-state index >= 15 is 0 Å². The first-order valence-electron chi connectivity index (χ1n) is 6.53. The molecular weight excluding hydrogens is 288 g/mol. The van der Waals surface area contributed by atoms with Crippen LogP contribution in [0.25, 0.3) is 0 Å². The number of rotatable bonds is 6. The SMILES string of the molecule is NS(=O)(=O)CCNC(c1ccccc1)c1ccc(O)cc1. The van der Waals surface area contributed by atoms with Crippen molar-refractivity contribution in [3.05, 3.63) is 65.7 Å². The van der Waals surface area contributed by atoms with Crippen LogP contribution in [0.2, 0.25) is 0 Å². The van der Waals surface area contributed by atoms with Crippen LogP contribution in [0.15, 0.2) is 54.6 Å². The first-order valence-corrected chi connectivity index (χ1v) is 8.25. The molecule has 2 aromatic carbocycles. The Kier molecular flexibility index (Phi) is 4.95. The second-order valence-corrected chi connectivity index (χ2v) is 6.49. The lowest BCUT2D eigenvalue weighted by atomic mass is 9.98. The van der Waals surface area contributed by atoms with Gasteiger partial charge in [-0.15, -0.1) is 0 Å². The molecule has 0 aliphatic heterocycles. The molecule has 0 aromatic heterocycles. The molecule has 0 heterocycles. The predicted molar refractivity (Wildman–Crippen MR) is 82.4 cm³/mol. The van der Waals surface area contributed by atoms with Gasteiger partial charge in [0.1, 0.15) is 5.75 Å². The summed E-state index contributed by atoms with van der Waals surface area (Å²) < 4.78 is 22.1. The monoisotopic (exact) mass is 306 g/mol. The van der Waals surface area contributed by atoms with Crippen LogP contribution in [-0.4, -0.2) is 25.8 Å². The van der Waals surface area contributed by atoms with Crippen LogP contribution in [-0.2, 0) is 10.0 Å². The summed E-state index contributed by atoms with van der Waals surface area (Å²) in [5, 5.41) is 17.6. The second-order valence-electron chi connectivity index (χ2n) is 4.76. The van der Waals surface area contributed by atoms with E-state index in [-0.39, 0.29) is 24.1 Å². The van der Waals surface area contributed by atoms with Crippen molar-refractivity contribution >= 4 is 10.0 Å². The van der Waals surface area contributed by atoms with Gasteiger partial charge in [-0.1, -0.05) is 42.5 Å². The highest BCUT2D eigenvalue weighted by atomic mass is 32.2. The summed E-state index contributed by atoms with van der Waals surface area (Å²) in [5.41, 5.74) is 1.95. The van der Waals surface area contributed by atoms with Gasteiger partial charge in [-0.3, -0.25) is 0 Å². The molecule has 112 valence electrons. The zero-order valence-electron chi connectivity index (χ0n) is 11.4. The number of hydrogen-bond donors (Lipinski definition) is 3. The van der Waals surface area contributed by atoms with E-state index in [9.17, 15) is 13.5 Å². The molecule has 21 heavy (non-hydrogen) atoms. The maximum absolute atomic E-state index is 11.0. The highest BCUT2D eigenvalue weighted by molar-refractivity contribution is 7.89. The van der Waals surface area contributed by atoms with Gasteiger partial charge in [0.05, 0.1) is 11.8 Å². The molecule has 1 atom stereocenters. The summed E-state index contributed by atoms with van der Waals surface area (Å²) in [4.78, 5) is 0.